The van der Waals surface area contributed by atoms with Gasteiger partial charge in [0.25, 0.3) is 0 Å². The van der Waals surface area contributed by atoms with Gasteiger partial charge in [-0.05, 0) is 32.2 Å². The zero-order valence-electron chi connectivity index (χ0n) is 10.7. The standard InChI is InChI=1S/C13H22N4/c1-2-11-10-17(12-4-5-12)13(15-11)16-8-3-6-14-7-9-16/h10,12,14H,2-9H2,1H3. The number of hydrogen-bond acceptors (Lipinski definition) is 3. The van der Waals surface area contributed by atoms with Gasteiger partial charge in [-0.1, -0.05) is 6.92 Å². The van der Waals surface area contributed by atoms with Gasteiger partial charge >= 0.3 is 0 Å². The van der Waals surface area contributed by atoms with Crippen LogP contribution in [0.15, 0.2) is 6.20 Å². The molecule has 0 atom stereocenters. The van der Waals surface area contributed by atoms with Crippen LogP contribution in [-0.2, 0) is 6.42 Å². The average Bonchev–Trinajstić information content (AvgIpc) is 3.14. The number of nitrogens with zero attached hydrogens (tertiary/aromatic N) is 3. The molecule has 1 aromatic heterocycles. The summed E-state index contributed by atoms with van der Waals surface area (Å²) in [4.78, 5) is 7.27. The van der Waals surface area contributed by atoms with Gasteiger partial charge in [-0.3, -0.25) is 0 Å². The van der Waals surface area contributed by atoms with Gasteiger partial charge in [0.05, 0.1) is 5.69 Å². The zero-order chi connectivity index (χ0) is 11.7. The van der Waals surface area contributed by atoms with Crippen molar-refractivity contribution in [2.45, 2.75) is 38.6 Å². The SMILES string of the molecule is CCc1cn(C2CC2)c(N2CCCNCC2)n1. The first-order valence-corrected chi connectivity index (χ1v) is 6.92. The van der Waals surface area contributed by atoms with Crippen LogP contribution in [0.4, 0.5) is 5.95 Å². The predicted octanol–water partition coefficient (Wildman–Crippen LogP) is 1.58. The number of rotatable bonds is 3. The molecule has 17 heavy (non-hydrogen) atoms. The smallest absolute Gasteiger partial charge is 0.206 e. The third kappa shape index (κ3) is 2.32. The van der Waals surface area contributed by atoms with Crippen LogP contribution in [0, 0.1) is 0 Å². The van der Waals surface area contributed by atoms with Crippen molar-refractivity contribution >= 4 is 5.95 Å². The first-order chi connectivity index (χ1) is 8.38. The highest BCUT2D eigenvalue weighted by atomic mass is 15.3. The second-order valence-electron chi connectivity index (χ2n) is 5.11. The highest BCUT2D eigenvalue weighted by molar-refractivity contribution is 5.35. The van der Waals surface area contributed by atoms with E-state index in [0.717, 1.165) is 38.6 Å². The Kier molecular flexibility index (Phi) is 3.05. The van der Waals surface area contributed by atoms with Crippen LogP contribution in [0.25, 0.3) is 0 Å². The fraction of sp³-hybridized carbons (Fsp3) is 0.769. The normalized spacial score (nSPS) is 21.6. The summed E-state index contributed by atoms with van der Waals surface area (Å²) in [5.74, 6) is 1.22. The lowest BCUT2D eigenvalue weighted by Gasteiger charge is -2.22. The molecule has 0 aromatic carbocycles. The quantitative estimate of drug-likeness (QED) is 0.862. The molecule has 1 saturated carbocycles. The van der Waals surface area contributed by atoms with E-state index in [1.807, 2.05) is 0 Å². The molecule has 1 aromatic rings. The molecule has 0 amide bonds. The highest BCUT2D eigenvalue weighted by Crippen LogP contribution is 2.38. The third-order valence-electron chi connectivity index (χ3n) is 3.69. The number of aryl methyl sites for hydroxylation is 1. The number of anilines is 1. The van der Waals surface area contributed by atoms with Crippen molar-refractivity contribution < 1.29 is 0 Å². The van der Waals surface area contributed by atoms with Gasteiger partial charge in [0.1, 0.15) is 0 Å². The molecule has 0 unspecified atom stereocenters. The number of hydrogen-bond donors (Lipinski definition) is 1. The highest BCUT2D eigenvalue weighted by Gasteiger charge is 2.28. The molecule has 2 heterocycles. The molecule has 94 valence electrons. The van der Waals surface area contributed by atoms with Crippen LogP contribution < -0.4 is 10.2 Å². The Bertz CT molecular complexity index is 373. The van der Waals surface area contributed by atoms with E-state index in [1.165, 1.54) is 30.9 Å². The van der Waals surface area contributed by atoms with Crippen molar-refractivity contribution in [3.8, 4) is 0 Å². The summed E-state index contributed by atoms with van der Waals surface area (Å²) in [5, 5.41) is 3.45. The molecule has 1 aliphatic carbocycles. The molecular formula is C13H22N4. The van der Waals surface area contributed by atoms with Crippen molar-refractivity contribution in [1.82, 2.24) is 14.9 Å². The Balaban J connectivity index is 1.85. The molecular weight excluding hydrogens is 212 g/mol. The van der Waals surface area contributed by atoms with Crippen LogP contribution >= 0.6 is 0 Å². The predicted molar refractivity (Wildman–Crippen MR) is 69.6 cm³/mol. The van der Waals surface area contributed by atoms with E-state index < -0.39 is 0 Å². The van der Waals surface area contributed by atoms with Crippen LogP contribution in [-0.4, -0.2) is 35.7 Å². The number of nitrogens with one attached hydrogen (secondary N) is 1. The summed E-state index contributed by atoms with van der Waals surface area (Å²) in [5.41, 5.74) is 1.24. The zero-order valence-corrected chi connectivity index (χ0v) is 10.7. The molecule has 4 heteroatoms. The number of aromatic nitrogens is 2. The topological polar surface area (TPSA) is 33.1 Å². The molecule has 0 bridgehead atoms. The maximum absolute atomic E-state index is 4.82. The molecule has 0 radical (unpaired) electrons. The van der Waals surface area contributed by atoms with Crippen LogP contribution in [0.2, 0.25) is 0 Å². The van der Waals surface area contributed by atoms with Gasteiger partial charge in [0, 0.05) is 31.9 Å². The molecule has 2 fully saturated rings. The fourth-order valence-corrected chi connectivity index (χ4v) is 2.50. The Hall–Kier alpha value is -1.03. The van der Waals surface area contributed by atoms with E-state index in [0.29, 0.717) is 0 Å². The van der Waals surface area contributed by atoms with Crippen molar-refractivity contribution in [1.29, 1.82) is 0 Å². The number of imidazole rings is 1. The maximum Gasteiger partial charge on any atom is 0.206 e. The summed E-state index contributed by atoms with van der Waals surface area (Å²) in [6, 6.07) is 0.731. The first-order valence-electron chi connectivity index (χ1n) is 6.92. The average molecular weight is 234 g/mol. The Morgan fingerprint density at radius 3 is 3.00 bits per heavy atom. The minimum Gasteiger partial charge on any atom is -0.341 e. The van der Waals surface area contributed by atoms with Crippen molar-refractivity contribution in [3.63, 3.8) is 0 Å². The minimum atomic E-state index is 0.731. The molecule has 1 N–H and O–H groups in total. The van der Waals surface area contributed by atoms with Crippen molar-refractivity contribution in [3.05, 3.63) is 11.9 Å². The van der Waals surface area contributed by atoms with Crippen LogP contribution in [0.3, 0.4) is 0 Å². The van der Waals surface area contributed by atoms with Crippen LogP contribution in [0.1, 0.15) is 37.9 Å². The molecule has 3 rings (SSSR count). The van der Waals surface area contributed by atoms with Gasteiger partial charge in [-0.2, -0.15) is 0 Å². The van der Waals surface area contributed by atoms with Crippen molar-refractivity contribution in [2.24, 2.45) is 0 Å². The summed E-state index contributed by atoms with van der Waals surface area (Å²) in [6.45, 7) is 6.64. The lowest BCUT2D eigenvalue weighted by Crippen LogP contribution is -2.30. The minimum absolute atomic E-state index is 0.731. The molecule has 0 spiro atoms. The third-order valence-corrected chi connectivity index (χ3v) is 3.69. The first kappa shape index (κ1) is 11.1. The van der Waals surface area contributed by atoms with Gasteiger partial charge in [-0.25, -0.2) is 4.98 Å². The van der Waals surface area contributed by atoms with E-state index in [-0.39, 0.29) is 0 Å². The van der Waals surface area contributed by atoms with Gasteiger partial charge < -0.3 is 14.8 Å². The second-order valence-corrected chi connectivity index (χ2v) is 5.11. The van der Waals surface area contributed by atoms with E-state index in [4.69, 9.17) is 4.98 Å². The summed E-state index contributed by atoms with van der Waals surface area (Å²) >= 11 is 0. The van der Waals surface area contributed by atoms with E-state index in [2.05, 4.69) is 27.9 Å². The Morgan fingerprint density at radius 1 is 1.35 bits per heavy atom. The van der Waals surface area contributed by atoms with Gasteiger partial charge in [-0.15, -0.1) is 0 Å². The largest absolute Gasteiger partial charge is 0.341 e. The lowest BCUT2D eigenvalue weighted by molar-refractivity contribution is 0.687. The van der Waals surface area contributed by atoms with E-state index >= 15 is 0 Å². The second kappa shape index (κ2) is 4.69. The molecule has 2 aliphatic rings. The van der Waals surface area contributed by atoms with Crippen LogP contribution in [0.5, 0.6) is 0 Å². The van der Waals surface area contributed by atoms with Crippen molar-refractivity contribution in [2.75, 3.05) is 31.1 Å². The lowest BCUT2D eigenvalue weighted by atomic mass is 10.4. The summed E-state index contributed by atoms with van der Waals surface area (Å²) < 4.78 is 2.42. The van der Waals surface area contributed by atoms with E-state index in [1.54, 1.807) is 0 Å². The van der Waals surface area contributed by atoms with Gasteiger partial charge in [0.15, 0.2) is 0 Å². The van der Waals surface area contributed by atoms with E-state index in [9.17, 15) is 0 Å². The Labute approximate surface area is 103 Å². The molecule has 4 nitrogen and oxygen atoms in total. The Morgan fingerprint density at radius 2 is 2.24 bits per heavy atom. The molecule has 1 aliphatic heterocycles. The molecule has 1 saturated heterocycles. The monoisotopic (exact) mass is 234 g/mol. The maximum atomic E-state index is 4.82. The van der Waals surface area contributed by atoms with Gasteiger partial charge in [0.2, 0.25) is 5.95 Å². The fourth-order valence-electron chi connectivity index (χ4n) is 2.50. The summed E-state index contributed by atoms with van der Waals surface area (Å²) in [6.07, 6.45) is 7.19. The summed E-state index contributed by atoms with van der Waals surface area (Å²) in [7, 11) is 0.